The van der Waals surface area contributed by atoms with Crippen molar-refractivity contribution in [1.29, 1.82) is 0 Å². The monoisotopic (exact) mass is 457 g/mol. The Morgan fingerprint density at radius 3 is 2.46 bits per heavy atom. The van der Waals surface area contributed by atoms with Crippen molar-refractivity contribution in [1.82, 2.24) is 5.06 Å². The van der Waals surface area contributed by atoms with E-state index in [0.717, 1.165) is 9.55 Å². The van der Waals surface area contributed by atoms with Gasteiger partial charge in [0.1, 0.15) is 24.4 Å². The van der Waals surface area contributed by atoms with Crippen molar-refractivity contribution in [2.24, 2.45) is 0 Å². The average molecular weight is 458 g/mol. The number of carbonyl (C=O) groups excluding carboxylic acids is 1. The Balaban J connectivity index is 1.52. The molecule has 1 aliphatic carbocycles. The van der Waals surface area contributed by atoms with Crippen LogP contribution in [0.4, 0.5) is 0 Å². The third kappa shape index (κ3) is 3.97. The van der Waals surface area contributed by atoms with Gasteiger partial charge in [0, 0.05) is 16.3 Å². The van der Waals surface area contributed by atoms with Gasteiger partial charge in [-0.1, -0.05) is 15.9 Å². The zero-order valence-electron chi connectivity index (χ0n) is 16.1. The zero-order valence-corrected chi connectivity index (χ0v) is 17.7. The van der Waals surface area contributed by atoms with E-state index in [4.69, 9.17) is 23.7 Å². The summed E-state index contributed by atoms with van der Waals surface area (Å²) in [6, 6.07) is 0. The lowest BCUT2D eigenvalue weighted by Crippen LogP contribution is -2.57. The van der Waals surface area contributed by atoms with E-state index < -0.39 is 42.3 Å². The predicted octanol–water partition coefficient (Wildman–Crippen LogP) is 2.38. The number of hydroxylamine groups is 2. The molecule has 0 amide bonds. The van der Waals surface area contributed by atoms with Crippen molar-refractivity contribution < 1.29 is 33.7 Å². The standard InChI is InChI=1S/C19H24BrNO7/c1-18(2)25-14-13(9-21(23)8-10-7-11(20)5-6-12(10)22)24-17-16(15(14)26-18)27-19(3,4)28-17/h5-8,13-17,23H,9H2,1-4H3/b10-8-/t13-,14+,15+,16-,17-/m1/s1. The number of nitrogens with zero attached hydrogens (tertiary/aromatic N) is 1. The maximum Gasteiger partial charge on any atom is 0.190 e. The van der Waals surface area contributed by atoms with Crippen LogP contribution >= 0.6 is 15.9 Å². The summed E-state index contributed by atoms with van der Waals surface area (Å²) in [7, 11) is 0. The van der Waals surface area contributed by atoms with E-state index in [1.807, 2.05) is 27.7 Å². The van der Waals surface area contributed by atoms with Gasteiger partial charge in [0.2, 0.25) is 0 Å². The van der Waals surface area contributed by atoms with E-state index in [0.29, 0.717) is 5.57 Å². The normalized spacial score (nSPS) is 39.6. The van der Waals surface area contributed by atoms with Gasteiger partial charge in [0.25, 0.3) is 0 Å². The summed E-state index contributed by atoms with van der Waals surface area (Å²) in [6.07, 6.45) is 3.65. The third-order valence-electron chi connectivity index (χ3n) is 4.88. The van der Waals surface area contributed by atoms with Crippen molar-refractivity contribution >= 4 is 21.7 Å². The van der Waals surface area contributed by atoms with Crippen LogP contribution in [0.25, 0.3) is 0 Å². The van der Waals surface area contributed by atoms with E-state index in [2.05, 4.69) is 15.9 Å². The van der Waals surface area contributed by atoms with Crippen LogP contribution in [0.2, 0.25) is 0 Å². The Bertz CT molecular complexity index is 759. The van der Waals surface area contributed by atoms with Gasteiger partial charge in [0.15, 0.2) is 23.6 Å². The van der Waals surface area contributed by atoms with Crippen LogP contribution in [0.3, 0.4) is 0 Å². The Hall–Kier alpha value is -1.07. The Morgan fingerprint density at radius 1 is 1.07 bits per heavy atom. The van der Waals surface area contributed by atoms with Gasteiger partial charge in [-0.25, -0.2) is 0 Å². The highest BCUT2D eigenvalue weighted by atomic mass is 79.9. The fourth-order valence-electron chi connectivity index (χ4n) is 3.86. The van der Waals surface area contributed by atoms with Crippen LogP contribution in [-0.4, -0.2) is 64.9 Å². The van der Waals surface area contributed by atoms with Gasteiger partial charge in [-0.05, 0) is 45.9 Å². The second kappa shape index (κ2) is 7.02. The predicted molar refractivity (Wildman–Crippen MR) is 100 cm³/mol. The highest BCUT2D eigenvalue weighted by Crippen LogP contribution is 2.44. The average Bonchev–Trinajstić information content (AvgIpc) is 3.05. The fraction of sp³-hybridized carbons (Fsp3) is 0.632. The first-order valence-corrected chi connectivity index (χ1v) is 9.96. The maximum atomic E-state index is 12.0. The van der Waals surface area contributed by atoms with E-state index in [9.17, 15) is 10.0 Å². The molecule has 3 saturated heterocycles. The van der Waals surface area contributed by atoms with Crippen LogP contribution in [0.1, 0.15) is 27.7 Å². The summed E-state index contributed by atoms with van der Waals surface area (Å²) >= 11 is 3.32. The molecule has 1 N–H and O–H groups in total. The molecule has 5 atom stereocenters. The number of allylic oxidation sites excluding steroid dienone is 5. The van der Waals surface area contributed by atoms with Gasteiger partial charge in [-0.2, -0.15) is 0 Å². The number of ether oxygens (including phenoxy) is 5. The van der Waals surface area contributed by atoms with Crippen LogP contribution in [-0.2, 0) is 28.5 Å². The molecule has 3 heterocycles. The Kier molecular flexibility index (Phi) is 5.06. The number of fused-ring (bicyclic) bond motifs is 3. The topological polar surface area (TPSA) is 86.7 Å². The molecule has 0 unspecified atom stereocenters. The number of halogens is 1. The molecule has 0 radical (unpaired) electrons. The highest BCUT2D eigenvalue weighted by molar-refractivity contribution is 9.11. The second-order valence-corrected chi connectivity index (χ2v) is 9.06. The van der Waals surface area contributed by atoms with Crippen LogP contribution in [0.15, 0.2) is 34.5 Å². The molecule has 3 aliphatic heterocycles. The van der Waals surface area contributed by atoms with Gasteiger partial charge in [-0.3, -0.25) is 15.1 Å². The SMILES string of the molecule is CC1(C)O[C@H]2[C@@H](O1)[C@@H](CN(O)/C=C1/C=C(Br)C=CC1=O)O[C@@H]1OC(C)(C)O[C@@H]12. The molecule has 9 heteroatoms. The minimum atomic E-state index is -0.807. The molecule has 154 valence electrons. The summed E-state index contributed by atoms with van der Waals surface area (Å²) < 4.78 is 30.7. The van der Waals surface area contributed by atoms with Gasteiger partial charge in [-0.15, -0.1) is 0 Å². The first-order chi connectivity index (χ1) is 13.0. The molecule has 4 rings (SSSR count). The quantitative estimate of drug-likeness (QED) is 0.510. The molecule has 0 aromatic heterocycles. The largest absolute Gasteiger partial charge is 0.342 e. The second-order valence-electron chi connectivity index (χ2n) is 8.14. The van der Waals surface area contributed by atoms with Crippen LogP contribution < -0.4 is 0 Å². The van der Waals surface area contributed by atoms with E-state index in [1.165, 1.54) is 12.3 Å². The highest BCUT2D eigenvalue weighted by Gasteiger charge is 2.60. The Labute approximate surface area is 171 Å². The van der Waals surface area contributed by atoms with Crippen molar-refractivity contribution in [3.05, 3.63) is 34.5 Å². The molecule has 28 heavy (non-hydrogen) atoms. The lowest BCUT2D eigenvalue weighted by molar-refractivity contribution is -0.245. The lowest BCUT2D eigenvalue weighted by Gasteiger charge is -2.38. The molecule has 4 aliphatic rings. The maximum absolute atomic E-state index is 12.0. The molecule has 0 spiro atoms. The van der Waals surface area contributed by atoms with Crippen LogP contribution in [0, 0.1) is 0 Å². The molecule has 0 saturated carbocycles. The summed E-state index contributed by atoms with van der Waals surface area (Å²) in [5.74, 6) is -1.80. The molecule has 8 nitrogen and oxygen atoms in total. The lowest BCUT2D eigenvalue weighted by atomic mass is 9.99. The number of ketones is 1. The van der Waals surface area contributed by atoms with Crippen molar-refractivity contribution in [3.63, 3.8) is 0 Å². The third-order valence-corrected chi connectivity index (χ3v) is 5.37. The van der Waals surface area contributed by atoms with Crippen molar-refractivity contribution in [2.45, 2.75) is 70.0 Å². The first-order valence-electron chi connectivity index (χ1n) is 9.17. The number of carbonyl (C=O) groups is 1. The molecular formula is C19H24BrNO7. The van der Waals surface area contributed by atoms with Crippen molar-refractivity contribution in [3.8, 4) is 0 Å². The number of hydrogen-bond donors (Lipinski definition) is 1. The first kappa shape index (κ1) is 20.2. The summed E-state index contributed by atoms with van der Waals surface area (Å²) in [4.78, 5) is 12.0. The fourth-order valence-corrected chi connectivity index (χ4v) is 4.24. The molecular weight excluding hydrogens is 434 g/mol. The van der Waals surface area contributed by atoms with Gasteiger partial charge in [0.05, 0.1) is 6.54 Å². The smallest absolute Gasteiger partial charge is 0.190 e. The van der Waals surface area contributed by atoms with Crippen molar-refractivity contribution in [2.75, 3.05) is 6.54 Å². The minimum absolute atomic E-state index is 0.0690. The van der Waals surface area contributed by atoms with Gasteiger partial charge >= 0.3 is 0 Å². The van der Waals surface area contributed by atoms with E-state index in [-0.39, 0.29) is 12.3 Å². The van der Waals surface area contributed by atoms with E-state index >= 15 is 0 Å². The summed E-state index contributed by atoms with van der Waals surface area (Å²) in [5, 5.41) is 11.4. The molecule has 3 fully saturated rings. The molecule has 0 aromatic rings. The van der Waals surface area contributed by atoms with Crippen LogP contribution in [0.5, 0.6) is 0 Å². The summed E-state index contributed by atoms with van der Waals surface area (Å²) in [5.41, 5.74) is 0.354. The zero-order chi connectivity index (χ0) is 20.3. The van der Waals surface area contributed by atoms with E-state index in [1.54, 1.807) is 12.2 Å². The summed E-state index contributed by atoms with van der Waals surface area (Å²) in [6.45, 7) is 7.35. The molecule has 0 bridgehead atoms. The number of rotatable bonds is 3. The van der Waals surface area contributed by atoms with Gasteiger partial charge < -0.3 is 23.7 Å². The molecule has 0 aromatic carbocycles. The Morgan fingerprint density at radius 2 is 1.71 bits per heavy atom. The minimum Gasteiger partial charge on any atom is -0.342 e. The number of hydrogen-bond acceptors (Lipinski definition) is 8.